The van der Waals surface area contributed by atoms with Crippen molar-refractivity contribution in [3.05, 3.63) is 50.1 Å². The highest BCUT2D eigenvalue weighted by Gasteiger charge is 2.18. The summed E-state index contributed by atoms with van der Waals surface area (Å²) in [5.41, 5.74) is 1.46. The third-order valence-electron chi connectivity index (χ3n) is 2.89. The minimum absolute atomic E-state index is 0.142. The second kappa shape index (κ2) is 7.16. The van der Waals surface area contributed by atoms with Gasteiger partial charge in [-0.3, -0.25) is 4.79 Å². The summed E-state index contributed by atoms with van der Waals surface area (Å²) in [4.78, 5) is 13.9. The largest absolute Gasteiger partial charge is 0.494 e. The van der Waals surface area contributed by atoms with E-state index in [-0.39, 0.29) is 5.91 Å². The molecule has 0 unspecified atom stereocenters. The Hall–Kier alpha value is -1.23. The number of carbonyl (C=O) groups is 1. The first-order valence-electron chi connectivity index (χ1n) is 6.43. The third-order valence-corrected chi connectivity index (χ3v) is 4.38. The number of nitrogens with zero attached hydrogens (tertiary/aromatic N) is 1. The molecule has 0 fully saturated rings. The molecule has 2 rings (SSSR count). The Labute approximate surface area is 138 Å². The van der Waals surface area contributed by atoms with Gasteiger partial charge < -0.3 is 9.64 Å². The van der Waals surface area contributed by atoms with Gasteiger partial charge in [0.1, 0.15) is 10.1 Å². The van der Waals surface area contributed by atoms with Gasteiger partial charge >= 0.3 is 0 Å². The van der Waals surface area contributed by atoms with Gasteiger partial charge in [0.15, 0.2) is 0 Å². The van der Waals surface area contributed by atoms with Gasteiger partial charge in [-0.25, -0.2) is 0 Å². The van der Waals surface area contributed by atoms with Gasteiger partial charge in [-0.05, 0) is 30.7 Å². The van der Waals surface area contributed by atoms with Gasteiger partial charge in [-0.15, -0.1) is 11.3 Å². The van der Waals surface area contributed by atoms with Crippen molar-refractivity contribution in [2.75, 3.05) is 13.7 Å². The number of hydrogen-bond donors (Lipinski definition) is 0. The van der Waals surface area contributed by atoms with E-state index in [0.29, 0.717) is 27.4 Å². The van der Waals surface area contributed by atoms with Crippen LogP contribution in [0.2, 0.25) is 8.67 Å². The zero-order valence-corrected chi connectivity index (χ0v) is 14.1. The van der Waals surface area contributed by atoms with E-state index >= 15 is 0 Å². The molecule has 21 heavy (non-hydrogen) atoms. The van der Waals surface area contributed by atoms with Gasteiger partial charge in [0.25, 0.3) is 5.91 Å². The Morgan fingerprint density at radius 2 is 1.95 bits per heavy atom. The molecule has 6 heteroatoms. The number of amides is 1. The topological polar surface area (TPSA) is 29.5 Å². The Kier molecular flexibility index (Phi) is 5.51. The molecule has 1 heterocycles. The van der Waals surface area contributed by atoms with Crippen molar-refractivity contribution in [2.24, 2.45) is 0 Å². The summed E-state index contributed by atoms with van der Waals surface area (Å²) in [5, 5.41) is 0. The van der Waals surface area contributed by atoms with E-state index < -0.39 is 0 Å². The number of halogens is 2. The molecule has 0 aliphatic carbocycles. The van der Waals surface area contributed by atoms with Crippen LogP contribution in [0.1, 0.15) is 22.8 Å². The second-order valence-corrected chi connectivity index (χ2v) is 6.76. The smallest absolute Gasteiger partial charge is 0.256 e. The maximum atomic E-state index is 12.3. The lowest BCUT2D eigenvalue weighted by molar-refractivity contribution is 0.0786. The monoisotopic (exact) mass is 343 g/mol. The average molecular weight is 344 g/mol. The van der Waals surface area contributed by atoms with Crippen LogP contribution in [-0.4, -0.2) is 24.5 Å². The van der Waals surface area contributed by atoms with Crippen LogP contribution in [0.3, 0.4) is 0 Å². The van der Waals surface area contributed by atoms with Crippen LogP contribution in [0.15, 0.2) is 30.3 Å². The van der Waals surface area contributed by atoms with Crippen molar-refractivity contribution < 1.29 is 9.53 Å². The van der Waals surface area contributed by atoms with E-state index in [1.165, 1.54) is 11.3 Å². The fraction of sp³-hybridized carbons (Fsp3) is 0.267. The van der Waals surface area contributed by atoms with Crippen LogP contribution in [0.5, 0.6) is 5.75 Å². The van der Waals surface area contributed by atoms with Crippen LogP contribution in [-0.2, 0) is 6.54 Å². The summed E-state index contributed by atoms with van der Waals surface area (Å²) >= 11 is 13.1. The molecule has 0 radical (unpaired) electrons. The first kappa shape index (κ1) is 16.1. The lowest BCUT2D eigenvalue weighted by Crippen LogP contribution is -2.25. The van der Waals surface area contributed by atoms with Gasteiger partial charge in [0.2, 0.25) is 0 Å². The van der Waals surface area contributed by atoms with Crippen LogP contribution in [0, 0.1) is 0 Å². The number of thiophene rings is 1. The predicted octanol–water partition coefficient (Wildman–Crippen LogP) is 4.73. The molecular formula is C15H15Cl2NO2S. The number of ether oxygens (including phenoxy) is 1. The molecule has 1 aromatic heterocycles. The molecule has 0 spiro atoms. The average Bonchev–Trinajstić information content (AvgIpc) is 2.79. The maximum absolute atomic E-state index is 12.3. The third kappa shape index (κ3) is 4.13. The first-order chi connectivity index (χ1) is 10.0. The minimum atomic E-state index is -0.142. The van der Waals surface area contributed by atoms with E-state index in [9.17, 15) is 4.79 Å². The van der Waals surface area contributed by atoms with Crippen molar-refractivity contribution in [2.45, 2.75) is 13.5 Å². The molecule has 1 aromatic carbocycles. The van der Waals surface area contributed by atoms with Gasteiger partial charge in [0.05, 0.1) is 16.5 Å². The number of hydrogen-bond acceptors (Lipinski definition) is 3. The quantitative estimate of drug-likeness (QED) is 0.785. The van der Waals surface area contributed by atoms with E-state index in [1.807, 2.05) is 31.2 Å². The molecule has 1 amide bonds. The lowest BCUT2D eigenvalue weighted by atomic mass is 10.2. The lowest BCUT2D eigenvalue weighted by Gasteiger charge is -2.17. The molecule has 2 aromatic rings. The molecule has 112 valence electrons. The van der Waals surface area contributed by atoms with E-state index in [0.717, 1.165) is 11.3 Å². The minimum Gasteiger partial charge on any atom is -0.494 e. The molecule has 0 saturated heterocycles. The highest BCUT2D eigenvalue weighted by molar-refractivity contribution is 7.20. The summed E-state index contributed by atoms with van der Waals surface area (Å²) < 4.78 is 6.32. The Morgan fingerprint density at radius 3 is 2.48 bits per heavy atom. The molecule has 3 nitrogen and oxygen atoms in total. The van der Waals surface area contributed by atoms with Crippen LogP contribution in [0.25, 0.3) is 0 Å². The van der Waals surface area contributed by atoms with Crippen molar-refractivity contribution in [1.82, 2.24) is 4.90 Å². The standard InChI is InChI=1S/C15H15Cl2NO2S/c1-3-20-11-6-4-10(5-7-11)9-18(2)15(19)12-8-13(16)21-14(12)17/h4-8H,3,9H2,1-2H3. The van der Waals surface area contributed by atoms with Crippen LogP contribution in [0.4, 0.5) is 0 Å². The molecule has 0 bridgehead atoms. The Bertz CT molecular complexity index is 625. The van der Waals surface area contributed by atoms with E-state index in [1.54, 1.807) is 18.0 Å². The SMILES string of the molecule is CCOc1ccc(CN(C)C(=O)c2cc(Cl)sc2Cl)cc1. The fourth-order valence-corrected chi connectivity index (χ4v) is 3.34. The van der Waals surface area contributed by atoms with Crippen molar-refractivity contribution in [1.29, 1.82) is 0 Å². The molecule has 0 aliphatic rings. The number of carbonyl (C=O) groups excluding carboxylic acids is 1. The predicted molar refractivity (Wildman–Crippen MR) is 87.7 cm³/mol. The van der Waals surface area contributed by atoms with Crippen molar-refractivity contribution in [3.8, 4) is 5.75 Å². The zero-order chi connectivity index (χ0) is 15.4. The molecule has 0 saturated carbocycles. The summed E-state index contributed by atoms with van der Waals surface area (Å²) in [6.07, 6.45) is 0. The highest BCUT2D eigenvalue weighted by atomic mass is 35.5. The van der Waals surface area contributed by atoms with E-state index in [2.05, 4.69) is 0 Å². The summed E-state index contributed by atoms with van der Waals surface area (Å²) in [5.74, 6) is 0.680. The van der Waals surface area contributed by atoms with E-state index in [4.69, 9.17) is 27.9 Å². The second-order valence-electron chi connectivity index (χ2n) is 4.48. The number of rotatable bonds is 5. The van der Waals surface area contributed by atoms with Crippen molar-refractivity contribution >= 4 is 40.4 Å². The maximum Gasteiger partial charge on any atom is 0.256 e. The molecule has 0 atom stereocenters. The van der Waals surface area contributed by atoms with Gasteiger partial charge in [-0.1, -0.05) is 35.3 Å². The van der Waals surface area contributed by atoms with Crippen molar-refractivity contribution in [3.63, 3.8) is 0 Å². The van der Waals surface area contributed by atoms with Crippen LogP contribution >= 0.6 is 34.5 Å². The number of benzene rings is 1. The Morgan fingerprint density at radius 1 is 1.29 bits per heavy atom. The summed E-state index contributed by atoms with van der Waals surface area (Å²) in [6.45, 7) is 3.07. The van der Waals surface area contributed by atoms with Gasteiger partial charge in [0, 0.05) is 13.6 Å². The summed E-state index contributed by atoms with van der Waals surface area (Å²) in [7, 11) is 1.74. The van der Waals surface area contributed by atoms with Gasteiger partial charge in [-0.2, -0.15) is 0 Å². The molecule has 0 aliphatic heterocycles. The summed E-state index contributed by atoms with van der Waals surface area (Å²) in [6, 6.07) is 9.27. The highest BCUT2D eigenvalue weighted by Crippen LogP contribution is 2.32. The molecular weight excluding hydrogens is 329 g/mol. The fourth-order valence-electron chi connectivity index (χ4n) is 1.90. The molecule has 0 N–H and O–H groups in total. The van der Waals surface area contributed by atoms with Crippen LogP contribution < -0.4 is 4.74 Å². The first-order valence-corrected chi connectivity index (χ1v) is 8.00. The Balaban J connectivity index is 2.05. The zero-order valence-electron chi connectivity index (χ0n) is 11.7. The normalized spacial score (nSPS) is 10.5.